The zero-order valence-electron chi connectivity index (χ0n) is 11.9. The van der Waals surface area contributed by atoms with Crippen LogP contribution >= 0.6 is 23.5 Å². The van der Waals surface area contributed by atoms with Crippen LogP contribution in [0, 0.1) is 0 Å². The number of carbonyl (C=O) groups excluding carboxylic acids is 1. The molecule has 2 atom stereocenters. The smallest absolute Gasteiger partial charge is 0.251 e. The van der Waals surface area contributed by atoms with Gasteiger partial charge in [0, 0.05) is 43.4 Å². The minimum Gasteiger partial charge on any atom is -0.323 e. The van der Waals surface area contributed by atoms with Crippen LogP contribution in [0.15, 0.2) is 0 Å². The van der Waals surface area contributed by atoms with Crippen LogP contribution in [0.5, 0.6) is 0 Å². The highest BCUT2D eigenvalue weighted by molar-refractivity contribution is 8.00. The van der Waals surface area contributed by atoms with E-state index in [4.69, 9.17) is 0 Å². The topological polar surface area (TPSA) is 69.7 Å². The lowest BCUT2D eigenvalue weighted by Gasteiger charge is -2.43. The van der Waals surface area contributed by atoms with Gasteiger partial charge < -0.3 is 4.90 Å². The van der Waals surface area contributed by atoms with Gasteiger partial charge in [0.2, 0.25) is 0 Å². The molecular weight excluding hydrogens is 330 g/mol. The average Bonchev–Trinajstić information content (AvgIpc) is 2.47. The molecule has 3 aliphatic rings. The summed E-state index contributed by atoms with van der Waals surface area (Å²) in [6.45, 7) is 2.96. The number of hydrogen-bond donors (Lipinski definition) is 1. The van der Waals surface area contributed by atoms with Crippen molar-refractivity contribution in [3.63, 3.8) is 0 Å². The standard InChI is InChI=1S/C12H21N3O3S3/c16-11-12(14-2-5-19-6-3-14)20-7-4-15(11)10-9-21(17,18)8-1-13-10/h10,12-13H,1-9H2. The van der Waals surface area contributed by atoms with Crippen molar-refractivity contribution in [2.75, 3.05) is 54.9 Å². The summed E-state index contributed by atoms with van der Waals surface area (Å²) in [4.78, 5) is 16.7. The third-order valence-electron chi connectivity index (χ3n) is 4.06. The third kappa shape index (κ3) is 3.69. The molecule has 3 aliphatic heterocycles. The van der Waals surface area contributed by atoms with E-state index in [2.05, 4.69) is 10.2 Å². The van der Waals surface area contributed by atoms with Crippen LogP contribution in [0.4, 0.5) is 0 Å². The van der Waals surface area contributed by atoms with E-state index in [1.165, 1.54) is 0 Å². The van der Waals surface area contributed by atoms with Gasteiger partial charge >= 0.3 is 0 Å². The Bertz CT molecular complexity index is 493. The van der Waals surface area contributed by atoms with Gasteiger partial charge in [-0.25, -0.2) is 8.42 Å². The SMILES string of the molecule is O=C1C(N2CCSCC2)SCCN1C1CS(=O)(=O)CCN1. The van der Waals surface area contributed by atoms with E-state index in [0.717, 1.165) is 30.3 Å². The van der Waals surface area contributed by atoms with Gasteiger partial charge in [-0.15, -0.1) is 11.8 Å². The summed E-state index contributed by atoms with van der Waals surface area (Å²) < 4.78 is 23.6. The normalized spacial score (nSPS) is 34.9. The molecule has 3 heterocycles. The van der Waals surface area contributed by atoms with Crippen LogP contribution in [0.2, 0.25) is 0 Å². The number of nitrogens with zero attached hydrogens (tertiary/aromatic N) is 2. The fourth-order valence-electron chi connectivity index (χ4n) is 2.93. The number of carbonyl (C=O) groups is 1. The lowest BCUT2D eigenvalue weighted by molar-refractivity contribution is -0.136. The van der Waals surface area contributed by atoms with E-state index < -0.39 is 9.84 Å². The average molecular weight is 352 g/mol. The number of thioether (sulfide) groups is 2. The number of hydrogen-bond acceptors (Lipinski definition) is 7. The molecule has 9 heteroatoms. The minimum atomic E-state index is -3.03. The molecule has 21 heavy (non-hydrogen) atoms. The third-order valence-corrected chi connectivity index (χ3v) is 7.89. The summed E-state index contributed by atoms with van der Waals surface area (Å²) in [5.41, 5.74) is 0. The van der Waals surface area contributed by atoms with Gasteiger partial charge in [-0.2, -0.15) is 11.8 Å². The maximum atomic E-state index is 12.8. The molecule has 3 rings (SSSR count). The van der Waals surface area contributed by atoms with E-state index in [0.29, 0.717) is 13.1 Å². The van der Waals surface area contributed by atoms with Crippen molar-refractivity contribution in [2.24, 2.45) is 0 Å². The molecule has 3 fully saturated rings. The summed E-state index contributed by atoms with van der Waals surface area (Å²) in [6.07, 6.45) is -0.348. The highest BCUT2D eigenvalue weighted by Gasteiger charge is 2.39. The van der Waals surface area contributed by atoms with Crippen LogP contribution in [-0.4, -0.2) is 90.6 Å². The second-order valence-corrected chi connectivity index (χ2v) is 10.1. The van der Waals surface area contributed by atoms with E-state index in [1.54, 1.807) is 16.7 Å². The van der Waals surface area contributed by atoms with Crippen LogP contribution in [0.25, 0.3) is 0 Å². The predicted molar refractivity (Wildman–Crippen MR) is 87.3 cm³/mol. The van der Waals surface area contributed by atoms with Crippen LogP contribution in [0.1, 0.15) is 0 Å². The zero-order chi connectivity index (χ0) is 14.9. The molecule has 3 saturated heterocycles. The van der Waals surface area contributed by atoms with Crippen LogP contribution < -0.4 is 5.32 Å². The Morgan fingerprint density at radius 1 is 1.14 bits per heavy atom. The summed E-state index contributed by atoms with van der Waals surface area (Å²) >= 11 is 3.62. The highest BCUT2D eigenvalue weighted by atomic mass is 32.2. The molecular formula is C12H21N3O3S3. The minimum absolute atomic E-state index is 0.0476. The van der Waals surface area contributed by atoms with Gasteiger partial charge in [-0.1, -0.05) is 0 Å². The maximum absolute atomic E-state index is 12.8. The van der Waals surface area contributed by atoms with E-state index >= 15 is 0 Å². The molecule has 0 aromatic carbocycles. The summed E-state index contributed by atoms with van der Waals surface area (Å²) in [5.74, 6) is 3.31. The number of nitrogens with one attached hydrogen (secondary N) is 1. The Labute approximate surface area is 134 Å². The Hall–Kier alpha value is 0.0400. The summed E-state index contributed by atoms with van der Waals surface area (Å²) in [7, 11) is -3.03. The molecule has 1 amide bonds. The van der Waals surface area contributed by atoms with Crippen molar-refractivity contribution in [2.45, 2.75) is 11.5 Å². The molecule has 1 N–H and O–H groups in total. The highest BCUT2D eigenvalue weighted by Crippen LogP contribution is 2.27. The monoisotopic (exact) mass is 351 g/mol. The van der Waals surface area contributed by atoms with E-state index in [1.807, 2.05) is 11.8 Å². The quantitative estimate of drug-likeness (QED) is 0.704. The lowest BCUT2D eigenvalue weighted by Crippen LogP contribution is -2.62. The molecule has 0 bridgehead atoms. The van der Waals surface area contributed by atoms with Gasteiger partial charge in [0.15, 0.2) is 9.84 Å². The Morgan fingerprint density at radius 2 is 1.90 bits per heavy atom. The van der Waals surface area contributed by atoms with E-state index in [9.17, 15) is 13.2 Å². The van der Waals surface area contributed by atoms with Gasteiger partial charge in [0.05, 0.1) is 17.7 Å². The zero-order valence-corrected chi connectivity index (χ0v) is 14.3. The van der Waals surface area contributed by atoms with Crippen molar-refractivity contribution in [3.05, 3.63) is 0 Å². The number of rotatable bonds is 2. The number of amides is 1. The first-order valence-electron chi connectivity index (χ1n) is 7.24. The lowest BCUT2D eigenvalue weighted by atomic mass is 10.3. The summed E-state index contributed by atoms with van der Waals surface area (Å²) in [5, 5.41) is 3.06. The molecule has 0 spiro atoms. The molecule has 0 aliphatic carbocycles. The molecule has 0 aromatic heterocycles. The van der Waals surface area contributed by atoms with Gasteiger partial charge in [-0.05, 0) is 0 Å². The predicted octanol–water partition coefficient (Wildman–Crippen LogP) is -0.719. The maximum Gasteiger partial charge on any atom is 0.251 e. The molecule has 0 aromatic rings. The van der Waals surface area contributed by atoms with Crippen molar-refractivity contribution < 1.29 is 13.2 Å². The fourth-order valence-corrected chi connectivity index (χ4v) is 6.46. The number of sulfone groups is 1. The molecule has 0 radical (unpaired) electrons. The van der Waals surface area contributed by atoms with Crippen LogP contribution in [0.3, 0.4) is 0 Å². The van der Waals surface area contributed by atoms with Crippen molar-refractivity contribution in [1.29, 1.82) is 0 Å². The molecule has 120 valence electrons. The van der Waals surface area contributed by atoms with E-state index in [-0.39, 0.29) is 29.0 Å². The Balaban J connectivity index is 1.69. The Kier molecular flexibility index (Phi) is 5.04. The molecule has 0 saturated carbocycles. The van der Waals surface area contributed by atoms with Crippen LogP contribution in [-0.2, 0) is 14.6 Å². The first-order valence-corrected chi connectivity index (χ1v) is 11.3. The van der Waals surface area contributed by atoms with Crippen molar-refractivity contribution >= 4 is 39.3 Å². The summed E-state index contributed by atoms with van der Waals surface area (Å²) in [6, 6.07) is 0. The van der Waals surface area contributed by atoms with Gasteiger partial charge in [-0.3, -0.25) is 15.0 Å². The second-order valence-electron chi connectivity index (χ2n) is 5.49. The molecule has 2 unspecified atom stereocenters. The first kappa shape index (κ1) is 15.9. The van der Waals surface area contributed by atoms with Gasteiger partial charge in [0.1, 0.15) is 5.37 Å². The van der Waals surface area contributed by atoms with Gasteiger partial charge in [0.25, 0.3) is 5.91 Å². The largest absolute Gasteiger partial charge is 0.323 e. The fraction of sp³-hybridized carbons (Fsp3) is 0.917. The second kappa shape index (κ2) is 6.66. The van der Waals surface area contributed by atoms with Crippen molar-refractivity contribution in [1.82, 2.24) is 15.1 Å². The Morgan fingerprint density at radius 3 is 2.62 bits per heavy atom. The molecule has 6 nitrogen and oxygen atoms in total. The van der Waals surface area contributed by atoms with Crippen molar-refractivity contribution in [3.8, 4) is 0 Å². The first-order chi connectivity index (χ1) is 10.1.